The molecule has 5 rings (SSSR count). The Hall–Kier alpha value is -4.14. The number of halogens is 2. The zero-order valence-corrected chi connectivity index (χ0v) is 16.4. The van der Waals surface area contributed by atoms with Crippen molar-refractivity contribution < 1.29 is 23.1 Å². The second-order valence-corrected chi connectivity index (χ2v) is 7.03. The maximum absolute atomic E-state index is 13.9. The highest BCUT2D eigenvalue weighted by Crippen LogP contribution is 2.36. The van der Waals surface area contributed by atoms with Gasteiger partial charge < -0.3 is 4.74 Å². The number of benzene rings is 2. The first kappa shape index (κ1) is 18.9. The monoisotopic (exact) mass is 420 g/mol. The van der Waals surface area contributed by atoms with E-state index in [-0.39, 0.29) is 22.5 Å². The van der Waals surface area contributed by atoms with E-state index in [1.165, 1.54) is 25.0 Å². The van der Waals surface area contributed by atoms with Gasteiger partial charge >= 0.3 is 0 Å². The van der Waals surface area contributed by atoms with Crippen molar-refractivity contribution in [3.8, 4) is 22.7 Å². The summed E-state index contributed by atoms with van der Waals surface area (Å²) in [5.74, 6) is -1.91. The molecule has 1 aliphatic rings. The van der Waals surface area contributed by atoms with E-state index in [0.29, 0.717) is 22.4 Å². The second kappa shape index (κ2) is 6.69. The Balaban J connectivity index is 1.87. The molecule has 0 unspecified atom stereocenters. The summed E-state index contributed by atoms with van der Waals surface area (Å²) >= 11 is 0. The highest BCUT2D eigenvalue weighted by atomic mass is 19.1. The first-order valence-electron chi connectivity index (χ1n) is 9.24. The van der Waals surface area contributed by atoms with E-state index in [4.69, 9.17) is 4.74 Å². The van der Waals surface area contributed by atoms with E-state index in [0.717, 1.165) is 23.1 Å². The maximum Gasteiger partial charge on any atom is 0.262 e. The fourth-order valence-corrected chi connectivity index (χ4v) is 3.70. The third kappa shape index (κ3) is 2.77. The molecule has 2 amide bonds. The Morgan fingerprint density at radius 2 is 1.65 bits per heavy atom. The number of hydrogen-bond acceptors (Lipinski definition) is 5. The number of methoxy groups -OCH3 is 1. The molecule has 3 heterocycles. The van der Waals surface area contributed by atoms with E-state index in [2.05, 4.69) is 10.1 Å². The van der Waals surface area contributed by atoms with Crippen LogP contribution in [0.15, 0.2) is 48.7 Å². The van der Waals surface area contributed by atoms with Gasteiger partial charge in [-0.25, -0.2) is 18.4 Å². The number of ether oxygens (including phenoxy) is 1. The highest BCUT2D eigenvalue weighted by Gasteiger charge is 2.37. The fraction of sp³-hybridized carbons (Fsp3) is 0.0909. The number of nitrogens with zero attached hydrogens (tertiary/aromatic N) is 4. The Morgan fingerprint density at radius 1 is 0.968 bits per heavy atom. The molecule has 0 radical (unpaired) electrons. The van der Waals surface area contributed by atoms with Gasteiger partial charge in [0.05, 0.1) is 29.3 Å². The predicted molar refractivity (Wildman–Crippen MR) is 107 cm³/mol. The number of rotatable bonds is 3. The minimum absolute atomic E-state index is 0.0971. The van der Waals surface area contributed by atoms with Crippen molar-refractivity contribution in [2.45, 2.75) is 0 Å². The van der Waals surface area contributed by atoms with Gasteiger partial charge in [0, 0.05) is 24.9 Å². The number of hydrogen-bond donors (Lipinski definition) is 0. The molecule has 0 bridgehead atoms. The average molecular weight is 420 g/mol. The number of carbonyl (C=O) groups excluding carboxylic acids is 2. The van der Waals surface area contributed by atoms with Gasteiger partial charge in [0.2, 0.25) is 0 Å². The van der Waals surface area contributed by atoms with Gasteiger partial charge in [0.25, 0.3) is 11.8 Å². The summed E-state index contributed by atoms with van der Waals surface area (Å²) in [6, 6.07) is 9.89. The predicted octanol–water partition coefficient (Wildman–Crippen LogP) is 3.60. The van der Waals surface area contributed by atoms with E-state index in [9.17, 15) is 18.4 Å². The Morgan fingerprint density at radius 3 is 2.29 bits per heavy atom. The van der Waals surface area contributed by atoms with Crippen molar-refractivity contribution in [2.75, 3.05) is 14.2 Å². The van der Waals surface area contributed by atoms with Gasteiger partial charge in [-0.1, -0.05) is 0 Å². The highest BCUT2D eigenvalue weighted by molar-refractivity contribution is 6.27. The fourth-order valence-electron chi connectivity index (χ4n) is 3.70. The van der Waals surface area contributed by atoms with Gasteiger partial charge in [0.1, 0.15) is 23.1 Å². The number of fused-ring (bicyclic) bond motifs is 3. The van der Waals surface area contributed by atoms with Gasteiger partial charge in [-0.05, 0) is 36.4 Å². The molecular weight excluding hydrogens is 406 g/mol. The topological polar surface area (TPSA) is 77.3 Å². The van der Waals surface area contributed by atoms with Crippen LogP contribution >= 0.6 is 0 Å². The molecule has 0 spiro atoms. The van der Waals surface area contributed by atoms with Crippen LogP contribution in [0.3, 0.4) is 0 Å². The van der Waals surface area contributed by atoms with Crippen molar-refractivity contribution in [3.63, 3.8) is 0 Å². The van der Waals surface area contributed by atoms with Crippen molar-refractivity contribution in [2.24, 2.45) is 0 Å². The molecule has 0 saturated carbocycles. The number of aromatic nitrogens is 3. The normalized spacial score (nSPS) is 13.2. The quantitative estimate of drug-likeness (QED) is 0.474. The van der Waals surface area contributed by atoms with Crippen LogP contribution in [-0.4, -0.2) is 45.6 Å². The lowest BCUT2D eigenvalue weighted by Crippen LogP contribution is -2.24. The smallest absolute Gasteiger partial charge is 0.262 e. The minimum atomic E-state index is -0.781. The van der Waals surface area contributed by atoms with Crippen LogP contribution in [-0.2, 0) is 0 Å². The number of pyridine rings is 1. The van der Waals surface area contributed by atoms with Crippen molar-refractivity contribution in [3.05, 3.63) is 71.4 Å². The van der Waals surface area contributed by atoms with Gasteiger partial charge in [0.15, 0.2) is 5.65 Å². The molecule has 0 fully saturated rings. The number of amides is 2. The van der Waals surface area contributed by atoms with E-state index in [1.54, 1.807) is 24.3 Å². The number of carbonyl (C=O) groups is 2. The maximum atomic E-state index is 13.9. The number of imide groups is 1. The largest absolute Gasteiger partial charge is 0.497 e. The molecule has 0 N–H and O–H groups in total. The molecular formula is C22H14F2N4O3. The molecule has 2 aromatic carbocycles. The van der Waals surface area contributed by atoms with Crippen LogP contribution in [0.4, 0.5) is 8.78 Å². The van der Waals surface area contributed by atoms with Crippen molar-refractivity contribution in [1.29, 1.82) is 0 Å². The SMILES string of the molecule is COc1ccc(-c2nn(-c3cc(F)cc(F)c3)c3ncc4c(c23)C(=O)N(C)C4=O)cc1. The Bertz CT molecular complexity index is 1380. The molecule has 0 aliphatic carbocycles. The molecule has 0 saturated heterocycles. The zero-order chi connectivity index (χ0) is 21.9. The van der Waals surface area contributed by atoms with E-state index in [1.807, 2.05) is 0 Å². The molecule has 7 nitrogen and oxygen atoms in total. The standard InChI is InChI=1S/C22H14F2N4O3/c1-27-21(29)16-10-25-20-18(17(16)22(27)30)19(11-3-5-15(31-2)6-4-11)26-28(20)14-8-12(23)7-13(24)9-14/h3-10H,1-2H3. The molecule has 0 atom stereocenters. The lowest BCUT2D eigenvalue weighted by Gasteiger charge is -2.04. The van der Waals surface area contributed by atoms with Gasteiger partial charge in [-0.2, -0.15) is 5.10 Å². The summed E-state index contributed by atoms with van der Waals surface area (Å²) in [5, 5.41) is 4.86. The zero-order valence-electron chi connectivity index (χ0n) is 16.4. The minimum Gasteiger partial charge on any atom is -0.497 e. The Kier molecular flexibility index (Phi) is 4.07. The third-order valence-electron chi connectivity index (χ3n) is 5.21. The van der Waals surface area contributed by atoms with Gasteiger partial charge in [-0.3, -0.25) is 14.5 Å². The first-order chi connectivity index (χ1) is 14.9. The molecule has 154 valence electrons. The summed E-state index contributed by atoms with van der Waals surface area (Å²) in [7, 11) is 2.92. The summed E-state index contributed by atoms with van der Waals surface area (Å²) < 4.78 is 34.2. The van der Waals surface area contributed by atoms with E-state index < -0.39 is 23.4 Å². The summed E-state index contributed by atoms with van der Waals surface area (Å²) in [6.07, 6.45) is 1.28. The van der Waals surface area contributed by atoms with Crippen LogP contribution < -0.4 is 4.74 Å². The molecule has 31 heavy (non-hydrogen) atoms. The lowest BCUT2D eigenvalue weighted by molar-refractivity contribution is 0.0693. The average Bonchev–Trinajstić information content (AvgIpc) is 3.25. The Labute approximate surface area is 174 Å². The van der Waals surface area contributed by atoms with Crippen molar-refractivity contribution >= 4 is 22.8 Å². The molecule has 9 heteroatoms. The van der Waals surface area contributed by atoms with Crippen LogP contribution in [0, 0.1) is 11.6 Å². The molecule has 1 aliphatic heterocycles. The summed E-state index contributed by atoms with van der Waals surface area (Å²) in [6.45, 7) is 0. The summed E-state index contributed by atoms with van der Waals surface area (Å²) in [4.78, 5) is 30.7. The van der Waals surface area contributed by atoms with Gasteiger partial charge in [-0.15, -0.1) is 0 Å². The first-order valence-corrected chi connectivity index (χ1v) is 9.24. The van der Waals surface area contributed by atoms with Crippen LogP contribution in [0.1, 0.15) is 20.7 Å². The molecule has 4 aromatic rings. The lowest BCUT2D eigenvalue weighted by atomic mass is 10.0. The van der Waals surface area contributed by atoms with Crippen LogP contribution in [0.25, 0.3) is 28.0 Å². The van der Waals surface area contributed by atoms with E-state index >= 15 is 0 Å². The van der Waals surface area contributed by atoms with Crippen LogP contribution in [0.2, 0.25) is 0 Å². The second-order valence-electron chi connectivity index (χ2n) is 7.03. The molecule has 2 aromatic heterocycles. The third-order valence-corrected chi connectivity index (χ3v) is 5.21. The van der Waals surface area contributed by atoms with Crippen LogP contribution in [0.5, 0.6) is 5.75 Å². The summed E-state index contributed by atoms with van der Waals surface area (Å²) in [5.41, 5.74) is 1.58. The van der Waals surface area contributed by atoms with Crippen molar-refractivity contribution in [1.82, 2.24) is 19.7 Å².